The van der Waals surface area contributed by atoms with Gasteiger partial charge in [0.05, 0.1) is 4.92 Å². The number of nitro benzene ring substituents is 1. The maximum Gasteiger partial charge on any atom is 0.363 e. The van der Waals surface area contributed by atoms with E-state index in [1.54, 1.807) is 6.92 Å². The fraction of sp³-hybridized carbons (Fsp3) is 0.0500. The normalized spacial score (nSPS) is 14.8. The van der Waals surface area contributed by atoms with Crippen molar-refractivity contribution in [2.75, 3.05) is 0 Å². The maximum atomic E-state index is 12.3. The van der Waals surface area contributed by atoms with Crippen LogP contribution in [0.25, 0.3) is 17.3 Å². The van der Waals surface area contributed by atoms with E-state index in [1.165, 1.54) is 30.3 Å². The fourth-order valence-electron chi connectivity index (χ4n) is 2.78. The minimum absolute atomic E-state index is 0.0343. The maximum absolute atomic E-state index is 12.3. The Kier molecular flexibility index (Phi) is 4.29. The highest BCUT2D eigenvalue weighted by atomic mass is 16.6. The number of nitro groups is 1. The SMILES string of the molecule is Cc1onc(-c2ccccc2)c1C1=N/C(=C/c2ccc([N+](=O)[O-])cc2)C(=O)O1. The Bertz CT molecular complexity index is 1130. The lowest BCUT2D eigenvalue weighted by Crippen LogP contribution is -2.07. The minimum atomic E-state index is -0.618. The van der Waals surface area contributed by atoms with Crippen molar-refractivity contribution in [3.63, 3.8) is 0 Å². The molecule has 0 aliphatic carbocycles. The average molecular weight is 375 g/mol. The van der Waals surface area contributed by atoms with Gasteiger partial charge in [-0.25, -0.2) is 9.79 Å². The van der Waals surface area contributed by atoms with Crippen LogP contribution < -0.4 is 0 Å². The number of ether oxygens (including phenoxy) is 1. The van der Waals surface area contributed by atoms with E-state index in [2.05, 4.69) is 10.1 Å². The van der Waals surface area contributed by atoms with Crippen molar-refractivity contribution in [2.45, 2.75) is 6.92 Å². The molecule has 1 aromatic heterocycles. The summed E-state index contributed by atoms with van der Waals surface area (Å²) in [6.07, 6.45) is 1.50. The summed E-state index contributed by atoms with van der Waals surface area (Å²) in [5.74, 6) is -0.0364. The first-order chi connectivity index (χ1) is 13.5. The van der Waals surface area contributed by atoms with E-state index < -0.39 is 10.9 Å². The number of non-ortho nitro benzene ring substituents is 1. The van der Waals surface area contributed by atoms with Crippen molar-refractivity contribution in [2.24, 2.45) is 4.99 Å². The monoisotopic (exact) mass is 375 g/mol. The molecule has 0 amide bonds. The van der Waals surface area contributed by atoms with Gasteiger partial charge in [0.15, 0.2) is 5.70 Å². The smallest absolute Gasteiger partial charge is 0.363 e. The molecule has 3 aromatic rings. The van der Waals surface area contributed by atoms with Gasteiger partial charge in [-0.2, -0.15) is 0 Å². The van der Waals surface area contributed by atoms with Crippen LogP contribution in [0.5, 0.6) is 0 Å². The number of hydrogen-bond donors (Lipinski definition) is 0. The van der Waals surface area contributed by atoms with Crippen molar-refractivity contribution in [3.8, 4) is 11.3 Å². The van der Waals surface area contributed by atoms with Gasteiger partial charge < -0.3 is 9.26 Å². The number of aliphatic imine (C=N–C) groups is 1. The standard InChI is InChI=1S/C20H13N3O5/c1-12-17(18(22-28-12)14-5-3-2-4-6-14)19-21-16(20(24)27-19)11-13-7-9-15(10-8-13)23(25)26/h2-11H,1H3/b16-11+. The largest absolute Gasteiger partial charge is 0.402 e. The highest BCUT2D eigenvalue weighted by molar-refractivity contribution is 6.15. The van der Waals surface area contributed by atoms with Crippen LogP contribution in [0.4, 0.5) is 5.69 Å². The molecule has 4 rings (SSSR count). The number of esters is 1. The molecule has 1 aliphatic heterocycles. The van der Waals surface area contributed by atoms with Gasteiger partial charge in [-0.15, -0.1) is 0 Å². The Balaban J connectivity index is 1.71. The van der Waals surface area contributed by atoms with Gasteiger partial charge in [0.25, 0.3) is 5.69 Å². The van der Waals surface area contributed by atoms with Crippen molar-refractivity contribution in [1.82, 2.24) is 5.16 Å². The number of carbonyl (C=O) groups is 1. The molecule has 0 radical (unpaired) electrons. The van der Waals surface area contributed by atoms with Crippen LogP contribution >= 0.6 is 0 Å². The molecule has 28 heavy (non-hydrogen) atoms. The van der Waals surface area contributed by atoms with Gasteiger partial charge in [0.1, 0.15) is 17.0 Å². The summed E-state index contributed by atoms with van der Waals surface area (Å²) >= 11 is 0. The topological polar surface area (TPSA) is 108 Å². The van der Waals surface area contributed by atoms with Crippen LogP contribution in [0.1, 0.15) is 16.9 Å². The Labute approximate surface area is 158 Å². The molecular weight excluding hydrogens is 362 g/mol. The van der Waals surface area contributed by atoms with E-state index in [0.717, 1.165) is 5.56 Å². The van der Waals surface area contributed by atoms with Gasteiger partial charge >= 0.3 is 5.97 Å². The Morgan fingerprint density at radius 3 is 2.46 bits per heavy atom. The van der Waals surface area contributed by atoms with E-state index in [1.807, 2.05) is 30.3 Å². The summed E-state index contributed by atoms with van der Waals surface area (Å²) in [5, 5.41) is 14.8. The number of aryl methyl sites for hydroxylation is 1. The van der Waals surface area contributed by atoms with Gasteiger partial charge in [0.2, 0.25) is 5.90 Å². The molecule has 2 heterocycles. The molecule has 0 unspecified atom stereocenters. The lowest BCUT2D eigenvalue weighted by atomic mass is 10.1. The summed E-state index contributed by atoms with van der Waals surface area (Å²) in [6.45, 7) is 1.71. The third-order valence-corrected chi connectivity index (χ3v) is 4.15. The van der Waals surface area contributed by atoms with E-state index >= 15 is 0 Å². The molecule has 0 saturated heterocycles. The summed E-state index contributed by atoms with van der Waals surface area (Å²) in [7, 11) is 0. The quantitative estimate of drug-likeness (QED) is 0.296. The minimum Gasteiger partial charge on any atom is -0.402 e. The molecule has 0 saturated carbocycles. The summed E-state index contributed by atoms with van der Waals surface area (Å²) in [6, 6.07) is 15.1. The average Bonchev–Trinajstić information content (AvgIpc) is 3.25. The summed E-state index contributed by atoms with van der Waals surface area (Å²) in [4.78, 5) is 26.8. The number of hydrogen-bond acceptors (Lipinski definition) is 7. The van der Waals surface area contributed by atoms with Crippen LogP contribution in [0.2, 0.25) is 0 Å². The van der Waals surface area contributed by atoms with Gasteiger partial charge in [0, 0.05) is 17.7 Å². The second kappa shape index (κ2) is 6.92. The number of benzene rings is 2. The molecule has 0 fully saturated rings. The first-order valence-electron chi connectivity index (χ1n) is 8.32. The van der Waals surface area contributed by atoms with Crippen LogP contribution in [0.3, 0.4) is 0 Å². The molecule has 0 bridgehead atoms. The first-order valence-corrected chi connectivity index (χ1v) is 8.32. The number of carbonyl (C=O) groups excluding carboxylic acids is 1. The number of nitrogens with zero attached hydrogens (tertiary/aromatic N) is 3. The molecule has 8 heteroatoms. The molecule has 1 aliphatic rings. The number of aromatic nitrogens is 1. The van der Waals surface area contributed by atoms with Gasteiger partial charge in [-0.05, 0) is 30.7 Å². The number of cyclic esters (lactones) is 1. The molecule has 0 N–H and O–H groups in total. The molecule has 2 aromatic carbocycles. The Morgan fingerprint density at radius 2 is 1.79 bits per heavy atom. The van der Waals surface area contributed by atoms with E-state index in [-0.39, 0.29) is 17.3 Å². The van der Waals surface area contributed by atoms with Crippen LogP contribution in [-0.4, -0.2) is 21.9 Å². The van der Waals surface area contributed by atoms with Crippen LogP contribution in [-0.2, 0) is 9.53 Å². The Hall–Kier alpha value is -4.07. The van der Waals surface area contributed by atoms with Crippen LogP contribution in [0.15, 0.2) is 69.8 Å². The molecule has 0 atom stereocenters. The predicted molar refractivity (Wildman–Crippen MR) is 100 cm³/mol. The summed E-state index contributed by atoms with van der Waals surface area (Å²) < 4.78 is 10.6. The first kappa shape index (κ1) is 17.3. The zero-order chi connectivity index (χ0) is 19.7. The third-order valence-electron chi connectivity index (χ3n) is 4.15. The van der Waals surface area contributed by atoms with Crippen molar-refractivity contribution >= 4 is 23.6 Å². The molecule has 0 spiro atoms. The van der Waals surface area contributed by atoms with Gasteiger partial charge in [-0.3, -0.25) is 10.1 Å². The third kappa shape index (κ3) is 3.18. The van der Waals surface area contributed by atoms with E-state index in [9.17, 15) is 14.9 Å². The lowest BCUT2D eigenvalue weighted by molar-refractivity contribution is -0.384. The predicted octanol–water partition coefficient (Wildman–Crippen LogP) is 3.90. The van der Waals surface area contributed by atoms with Crippen molar-refractivity contribution in [1.29, 1.82) is 0 Å². The van der Waals surface area contributed by atoms with Crippen molar-refractivity contribution in [3.05, 3.63) is 87.3 Å². The molecular formula is C20H13N3O5. The zero-order valence-electron chi connectivity index (χ0n) is 14.7. The lowest BCUT2D eigenvalue weighted by Gasteiger charge is -2.01. The zero-order valence-corrected chi connectivity index (χ0v) is 14.7. The Morgan fingerprint density at radius 1 is 1.07 bits per heavy atom. The number of rotatable bonds is 4. The molecule has 138 valence electrons. The van der Waals surface area contributed by atoms with Crippen molar-refractivity contribution < 1.29 is 19.0 Å². The second-order valence-corrected chi connectivity index (χ2v) is 6.01. The molecule has 8 nitrogen and oxygen atoms in total. The van der Waals surface area contributed by atoms with Crippen LogP contribution in [0, 0.1) is 17.0 Å². The van der Waals surface area contributed by atoms with Gasteiger partial charge in [-0.1, -0.05) is 35.5 Å². The van der Waals surface area contributed by atoms with E-state index in [0.29, 0.717) is 22.6 Å². The fourth-order valence-corrected chi connectivity index (χ4v) is 2.78. The highest BCUT2D eigenvalue weighted by Crippen LogP contribution is 2.29. The van der Waals surface area contributed by atoms with E-state index in [4.69, 9.17) is 9.26 Å². The summed E-state index contributed by atoms with van der Waals surface area (Å²) in [5.41, 5.74) is 2.48. The highest BCUT2D eigenvalue weighted by Gasteiger charge is 2.30. The second-order valence-electron chi connectivity index (χ2n) is 6.01.